The molecule has 8 nitrogen and oxygen atoms in total. The SMILES string of the molecule is CCCNC(=O)[C@H](Cc1ccccc1)N(Cc1ccc(Cl)cc1)C(=O)CN(c1cc(Cl)ccc1OC)S(C)(=O)=O. The summed E-state index contributed by atoms with van der Waals surface area (Å²) in [7, 11) is -2.57. The molecule has 40 heavy (non-hydrogen) atoms. The molecule has 0 bridgehead atoms. The number of halogens is 2. The van der Waals surface area contributed by atoms with Crippen molar-refractivity contribution < 1.29 is 22.7 Å². The summed E-state index contributed by atoms with van der Waals surface area (Å²) in [4.78, 5) is 29.0. The summed E-state index contributed by atoms with van der Waals surface area (Å²) in [5.74, 6) is -0.678. The Hall–Kier alpha value is -3.27. The third-order valence-electron chi connectivity index (χ3n) is 6.18. The maximum Gasteiger partial charge on any atom is 0.244 e. The highest BCUT2D eigenvalue weighted by molar-refractivity contribution is 7.92. The smallest absolute Gasteiger partial charge is 0.244 e. The molecule has 3 rings (SSSR count). The number of carbonyl (C=O) groups excluding carboxylic acids is 2. The predicted molar refractivity (Wildman–Crippen MR) is 159 cm³/mol. The zero-order valence-electron chi connectivity index (χ0n) is 22.6. The van der Waals surface area contributed by atoms with Gasteiger partial charge in [-0.2, -0.15) is 0 Å². The molecule has 0 aromatic heterocycles. The van der Waals surface area contributed by atoms with Gasteiger partial charge >= 0.3 is 0 Å². The first-order valence-corrected chi connectivity index (χ1v) is 15.3. The minimum Gasteiger partial charge on any atom is -0.495 e. The zero-order chi connectivity index (χ0) is 29.3. The second-order valence-electron chi connectivity index (χ2n) is 9.23. The van der Waals surface area contributed by atoms with Crippen LogP contribution in [0.4, 0.5) is 5.69 Å². The van der Waals surface area contributed by atoms with Gasteiger partial charge in [-0.3, -0.25) is 13.9 Å². The largest absolute Gasteiger partial charge is 0.495 e. The summed E-state index contributed by atoms with van der Waals surface area (Å²) in [6.45, 7) is 1.85. The second kappa shape index (κ2) is 14.4. The van der Waals surface area contributed by atoms with Gasteiger partial charge in [0.2, 0.25) is 21.8 Å². The minimum absolute atomic E-state index is 0.0529. The summed E-state index contributed by atoms with van der Waals surface area (Å²) in [6, 6.07) is 19.9. The number of nitrogens with zero attached hydrogens (tertiary/aromatic N) is 2. The molecule has 0 saturated heterocycles. The van der Waals surface area contributed by atoms with E-state index in [4.69, 9.17) is 27.9 Å². The molecule has 3 aromatic rings. The summed E-state index contributed by atoms with van der Waals surface area (Å²) in [5.41, 5.74) is 1.70. The molecule has 0 spiro atoms. The quantitative estimate of drug-likeness (QED) is 0.298. The van der Waals surface area contributed by atoms with Crippen molar-refractivity contribution in [3.63, 3.8) is 0 Å². The van der Waals surface area contributed by atoms with E-state index < -0.39 is 28.5 Å². The van der Waals surface area contributed by atoms with E-state index in [0.717, 1.165) is 21.7 Å². The highest BCUT2D eigenvalue weighted by Gasteiger charge is 2.33. The van der Waals surface area contributed by atoms with Crippen molar-refractivity contribution in [2.45, 2.75) is 32.4 Å². The number of nitrogens with one attached hydrogen (secondary N) is 1. The minimum atomic E-state index is -3.96. The van der Waals surface area contributed by atoms with Crippen molar-refractivity contribution in [3.8, 4) is 5.75 Å². The number of carbonyl (C=O) groups is 2. The molecule has 214 valence electrons. The maximum atomic E-state index is 14.1. The third kappa shape index (κ3) is 8.61. The van der Waals surface area contributed by atoms with Gasteiger partial charge in [-0.25, -0.2) is 8.42 Å². The summed E-state index contributed by atoms with van der Waals surface area (Å²) in [5, 5.41) is 3.70. The van der Waals surface area contributed by atoms with Crippen LogP contribution in [0, 0.1) is 0 Å². The van der Waals surface area contributed by atoms with Gasteiger partial charge in [0.25, 0.3) is 0 Å². The van der Waals surface area contributed by atoms with Crippen LogP contribution in [0.15, 0.2) is 72.8 Å². The average molecular weight is 607 g/mol. The Kier molecular flexibility index (Phi) is 11.2. The molecule has 0 heterocycles. The van der Waals surface area contributed by atoms with Gasteiger partial charge in [-0.05, 0) is 47.9 Å². The van der Waals surface area contributed by atoms with Crippen LogP contribution < -0.4 is 14.4 Å². The number of hydrogen-bond acceptors (Lipinski definition) is 5. The zero-order valence-corrected chi connectivity index (χ0v) is 25.0. The van der Waals surface area contributed by atoms with Crippen LogP contribution >= 0.6 is 23.2 Å². The van der Waals surface area contributed by atoms with Gasteiger partial charge in [0.1, 0.15) is 18.3 Å². The lowest BCUT2D eigenvalue weighted by Gasteiger charge is -2.33. The van der Waals surface area contributed by atoms with Crippen molar-refractivity contribution in [1.82, 2.24) is 10.2 Å². The van der Waals surface area contributed by atoms with E-state index in [1.165, 1.54) is 24.1 Å². The molecule has 0 fully saturated rings. The fourth-order valence-electron chi connectivity index (χ4n) is 4.16. The fourth-order valence-corrected chi connectivity index (χ4v) is 5.30. The van der Waals surface area contributed by atoms with E-state index >= 15 is 0 Å². The van der Waals surface area contributed by atoms with Gasteiger partial charge in [-0.1, -0.05) is 72.6 Å². The highest BCUT2D eigenvalue weighted by Crippen LogP contribution is 2.33. The van der Waals surface area contributed by atoms with Crippen LogP contribution in [-0.2, 0) is 32.6 Å². The van der Waals surface area contributed by atoms with Crippen LogP contribution in [0.3, 0.4) is 0 Å². The first-order chi connectivity index (χ1) is 19.0. The van der Waals surface area contributed by atoms with E-state index in [2.05, 4.69) is 5.32 Å². The Morgan fingerprint density at radius 1 is 0.950 bits per heavy atom. The lowest BCUT2D eigenvalue weighted by molar-refractivity contribution is -0.140. The number of ether oxygens (including phenoxy) is 1. The number of amides is 2. The van der Waals surface area contributed by atoms with Crippen LogP contribution in [0.5, 0.6) is 5.75 Å². The summed E-state index contributed by atoms with van der Waals surface area (Å²) >= 11 is 12.3. The van der Waals surface area contributed by atoms with Crippen LogP contribution in [0.2, 0.25) is 10.0 Å². The molecule has 0 radical (unpaired) electrons. The topological polar surface area (TPSA) is 96.0 Å². The van der Waals surface area contributed by atoms with Gasteiger partial charge in [0, 0.05) is 29.6 Å². The van der Waals surface area contributed by atoms with Crippen molar-refractivity contribution >= 4 is 50.7 Å². The number of anilines is 1. The molecule has 0 aliphatic heterocycles. The molecule has 1 N–H and O–H groups in total. The van der Waals surface area contributed by atoms with Crippen LogP contribution in [-0.4, -0.2) is 57.6 Å². The Balaban J connectivity index is 2.08. The Morgan fingerprint density at radius 3 is 2.20 bits per heavy atom. The van der Waals surface area contributed by atoms with Crippen LogP contribution in [0.25, 0.3) is 0 Å². The molecule has 3 aromatic carbocycles. The summed E-state index contributed by atoms with van der Waals surface area (Å²) in [6.07, 6.45) is 1.94. The molecule has 0 unspecified atom stereocenters. The molecule has 2 amide bonds. The van der Waals surface area contributed by atoms with Gasteiger partial charge in [-0.15, -0.1) is 0 Å². The maximum absolute atomic E-state index is 14.1. The van der Waals surface area contributed by atoms with Crippen molar-refractivity contribution in [1.29, 1.82) is 0 Å². The fraction of sp³-hybridized carbons (Fsp3) is 0.310. The van der Waals surface area contributed by atoms with Gasteiger partial charge in [0.05, 0.1) is 19.1 Å². The first kappa shape index (κ1) is 31.3. The molecule has 0 aliphatic rings. The highest BCUT2D eigenvalue weighted by atomic mass is 35.5. The Bertz CT molecular complexity index is 1400. The molecule has 0 aliphatic carbocycles. The second-order valence-corrected chi connectivity index (χ2v) is 12.0. The van der Waals surface area contributed by atoms with E-state index in [-0.39, 0.29) is 35.3 Å². The van der Waals surface area contributed by atoms with E-state index in [9.17, 15) is 18.0 Å². The first-order valence-electron chi connectivity index (χ1n) is 12.7. The normalized spacial score (nSPS) is 11.9. The van der Waals surface area contributed by atoms with E-state index in [1.807, 2.05) is 37.3 Å². The lowest BCUT2D eigenvalue weighted by atomic mass is 10.0. The number of hydrogen-bond donors (Lipinski definition) is 1. The lowest BCUT2D eigenvalue weighted by Crippen LogP contribution is -2.53. The molecule has 0 saturated carbocycles. The standard InChI is InChI=1S/C29H33Cl2N3O5S/c1-4-16-32-29(36)26(17-21-8-6-5-7-9-21)33(19-22-10-12-23(30)13-11-22)28(35)20-34(40(3,37)38)25-18-24(31)14-15-27(25)39-2/h5-15,18,26H,4,16-17,19-20H2,1-3H3,(H,32,36)/t26-/m0/s1. The molecule has 11 heteroatoms. The molecular formula is C29H33Cl2N3O5S. The molecule has 1 atom stereocenters. The van der Waals surface area contributed by atoms with Gasteiger partial charge in [0.15, 0.2) is 0 Å². The van der Waals surface area contributed by atoms with E-state index in [1.54, 1.807) is 30.3 Å². The van der Waals surface area contributed by atoms with Crippen molar-refractivity contribution in [2.24, 2.45) is 0 Å². The molecular weight excluding hydrogens is 573 g/mol. The van der Waals surface area contributed by atoms with Crippen molar-refractivity contribution in [2.75, 3.05) is 30.8 Å². The third-order valence-corrected chi connectivity index (χ3v) is 7.79. The van der Waals surface area contributed by atoms with Crippen molar-refractivity contribution in [3.05, 3.63) is 94.0 Å². The number of sulfonamides is 1. The average Bonchev–Trinajstić information content (AvgIpc) is 2.93. The van der Waals surface area contributed by atoms with Gasteiger partial charge < -0.3 is 15.0 Å². The number of rotatable bonds is 13. The predicted octanol–water partition coefficient (Wildman–Crippen LogP) is 4.93. The monoisotopic (exact) mass is 605 g/mol. The number of benzene rings is 3. The van der Waals surface area contributed by atoms with Crippen LogP contribution in [0.1, 0.15) is 24.5 Å². The number of methoxy groups -OCH3 is 1. The van der Waals surface area contributed by atoms with E-state index in [0.29, 0.717) is 18.0 Å². The Morgan fingerprint density at radius 2 is 1.60 bits per heavy atom. The Labute approximate surface area is 245 Å². The summed E-state index contributed by atoms with van der Waals surface area (Å²) < 4.78 is 32.2.